The molecule has 2 aromatic heterocycles. The number of carbonyl (C=O) groups is 3. The summed E-state index contributed by atoms with van der Waals surface area (Å²) >= 11 is 0. The van der Waals surface area contributed by atoms with Crippen molar-refractivity contribution in [3.05, 3.63) is 65.0 Å². The van der Waals surface area contributed by atoms with Crippen LogP contribution in [0, 0.1) is 0 Å². The highest BCUT2D eigenvalue weighted by atomic mass is 16.2. The van der Waals surface area contributed by atoms with E-state index in [1.807, 2.05) is 24.1 Å². The fourth-order valence-electron chi connectivity index (χ4n) is 4.83. The molecular formula is C25H26N4O3. The van der Waals surface area contributed by atoms with Crippen LogP contribution in [0.25, 0.3) is 11.0 Å². The number of fused-ring (bicyclic) bond motifs is 2. The van der Waals surface area contributed by atoms with Gasteiger partial charge in [0.25, 0.3) is 17.7 Å². The number of hydrogen-bond acceptors (Lipinski definition) is 4. The number of pyridine rings is 1. The molecule has 0 aliphatic carbocycles. The van der Waals surface area contributed by atoms with Gasteiger partial charge in [-0.05, 0) is 61.1 Å². The maximum atomic E-state index is 13.1. The van der Waals surface area contributed by atoms with Crippen LogP contribution in [0.3, 0.4) is 0 Å². The van der Waals surface area contributed by atoms with Gasteiger partial charge in [-0.3, -0.25) is 19.3 Å². The predicted molar refractivity (Wildman–Crippen MR) is 121 cm³/mol. The van der Waals surface area contributed by atoms with Gasteiger partial charge in [-0.25, -0.2) is 4.98 Å². The first-order chi connectivity index (χ1) is 15.6. The Bertz CT molecular complexity index is 1210. The van der Waals surface area contributed by atoms with E-state index in [0.717, 1.165) is 36.7 Å². The van der Waals surface area contributed by atoms with Crippen LogP contribution < -0.4 is 0 Å². The minimum atomic E-state index is -0.292. The lowest BCUT2D eigenvalue weighted by molar-refractivity contribution is 0.0651. The number of amides is 3. The van der Waals surface area contributed by atoms with Crippen LogP contribution in [-0.4, -0.2) is 57.1 Å². The fourth-order valence-corrected chi connectivity index (χ4v) is 4.83. The average Bonchev–Trinajstić information content (AvgIpc) is 3.36. The highest BCUT2D eigenvalue weighted by Gasteiger charge is 2.36. The van der Waals surface area contributed by atoms with Crippen molar-refractivity contribution in [1.82, 2.24) is 19.8 Å². The maximum Gasteiger partial charge on any atom is 0.261 e. The molecule has 2 aliphatic rings. The molecule has 164 valence electrons. The number of aromatic nitrogens is 2. The Kier molecular flexibility index (Phi) is 5.25. The van der Waals surface area contributed by atoms with Gasteiger partial charge >= 0.3 is 0 Å². The van der Waals surface area contributed by atoms with Gasteiger partial charge in [0.15, 0.2) is 0 Å². The molecule has 1 N–H and O–H groups in total. The van der Waals surface area contributed by atoms with Crippen LogP contribution in [0.2, 0.25) is 0 Å². The fraction of sp³-hybridized carbons (Fsp3) is 0.360. The highest BCUT2D eigenvalue weighted by Crippen LogP contribution is 2.33. The van der Waals surface area contributed by atoms with Gasteiger partial charge in [-0.15, -0.1) is 0 Å². The molecule has 0 spiro atoms. The second-order valence-electron chi connectivity index (χ2n) is 8.59. The summed E-state index contributed by atoms with van der Waals surface area (Å²) in [7, 11) is 0. The molecule has 0 unspecified atom stereocenters. The molecule has 3 amide bonds. The van der Waals surface area contributed by atoms with E-state index in [1.165, 1.54) is 10.5 Å². The van der Waals surface area contributed by atoms with Crippen molar-refractivity contribution >= 4 is 28.8 Å². The second kappa shape index (κ2) is 8.22. The average molecular weight is 431 g/mol. The van der Waals surface area contributed by atoms with Crippen LogP contribution >= 0.6 is 0 Å². The lowest BCUT2D eigenvalue weighted by atomic mass is 9.89. The van der Waals surface area contributed by atoms with E-state index >= 15 is 0 Å². The van der Waals surface area contributed by atoms with E-state index in [4.69, 9.17) is 0 Å². The summed E-state index contributed by atoms with van der Waals surface area (Å²) in [4.78, 5) is 49.2. The SMILES string of the molecule is CCCCN1C(=O)c2ccc(C(=O)N3CCC(c4c[nH]c5ncccc45)CC3)cc2C1=O. The first kappa shape index (κ1) is 20.4. The van der Waals surface area contributed by atoms with Gasteiger partial charge in [0.1, 0.15) is 5.65 Å². The monoisotopic (exact) mass is 430 g/mol. The van der Waals surface area contributed by atoms with Crippen molar-refractivity contribution in [2.45, 2.75) is 38.5 Å². The number of nitrogens with one attached hydrogen (secondary N) is 1. The summed E-state index contributed by atoms with van der Waals surface area (Å²) in [5.41, 5.74) is 3.37. The van der Waals surface area contributed by atoms with Crippen LogP contribution in [0.15, 0.2) is 42.7 Å². The first-order valence-corrected chi connectivity index (χ1v) is 11.3. The Morgan fingerprint density at radius 2 is 1.91 bits per heavy atom. The van der Waals surface area contributed by atoms with Crippen molar-refractivity contribution in [1.29, 1.82) is 0 Å². The van der Waals surface area contributed by atoms with Gasteiger partial charge in [0, 0.05) is 43.0 Å². The number of rotatable bonds is 5. The minimum Gasteiger partial charge on any atom is -0.346 e. The zero-order chi connectivity index (χ0) is 22.2. The maximum absolute atomic E-state index is 13.1. The molecule has 3 aromatic rings. The topological polar surface area (TPSA) is 86.4 Å². The third-order valence-corrected chi connectivity index (χ3v) is 6.66. The zero-order valence-electron chi connectivity index (χ0n) is 18.1. The van der Waals surface area contributed by atoms with Gasteiger partial charge in [0.05, 0.1) is 11.1 Å². The molecule has 1 fully saturated rings. The zero-order valence-corrected chi connectivity index (χ0v) is 18.1. The number of H-pyrrole nitrogens is 1. The quantitative estimate of drug-likeness (QED) is 0.621. The van der Waals surface area contributed by atoms with Crippen molar-refractivity contribution < 1.29 is 14.4 Å². The van der Waals surface area contributed by atoms with Crippen LogP contribution in [0.5, 0.6) is 0 Å². The Hall–Kier alpha value is -3.48. The molecule has 0 radical (unpaired) electrons. The molecule has 1 aromatic carbocycles. The Morgan fingerprint density at radius 3 is 2.69 bits per heavy atom. The van der Waals surface area contributed by atoms with Crippen molar-refractivity contribution in [3.63, 3.8) is 0 Å². The highest BCUT2D eigenvalue weighted by molar-refractivity contribution is 6.22. The summed E-state index contributed by atoms with van der Waals surface area (Å²) in [5, 5.41) is 1.15. The van der Waals surface area contributed by atoms with E-state index in [0.29, 0.717) is 42.2 Å². The van der Waals surface area contributed by atoms with Crippen LogP contribution in [0.1, 0.15) is 75.2 Å². The molecule has 0 atom stereocenters. The molecule has 2 aliphatic heterocycles. The van der Waals surface area contributed by atoms with Crippen molar-refractivity contribution in [3.8, 4) is 0 Å². The number of imide groups is 1. The van der Waals surface area contributed by atoms with Gasteiger partial charge in [-0.2, -0.15) is 0 Å². The summed E-state index contributed by atoms with van der Waals surface area (Å²) in [6, 6.07) is 8.93. The number of aromatic amines is 1. The van der Waals surface area contributed by atoms with Crippen LogP contribution in [0.4, 0.5) is 0 Å². The number of nitrogens with zero attached hydrogens (tertiary/aromatic N) is 3. The van der Waals surface area contributed by atoms with Crippen molar-refractivity contribution in [2.75, 3.05) is 19.6 Å². The Labute approximate surface area is 186 Å². The molecule has 0 bridgehead atoms. The standard InChI is InChI=1S/C25H26N4O3/c1-2-3-11-29-24(31)19-7-6-17(14-20(19)25(29)32)23(30)28-12-8-16(9-13-28)21-15-27-22-18(21)5-4-10-26-22/h4-7,10,14-16H,2-3,8-9,11-13H2,1H3,(H,26,27). The lowest BCUT2D eigenvalue weighted by Gasteiger charge is -2.32. The molecule has 7 nitrogen and oxygen atoms in total. The molecule has 7 heteroatoms. The summed E-state index contributed by atoms with van der Waals surface area (Å²) < 4.78 is 0. The van der Waals surface area contributed by atoms with Gasteiger partial charge in [0.2, 0.25) is 0 Å². The molecule has 0 saturated carbocycles. The van der Waals surface area contributed by atoms with E-state index in [1.54, 1.807) is 24.4 Å². The molecule has 1 saturated heterocycles. The first-order valence-electron chi connectivity index (χ1n) is 11.3. The molecular weight excluding hydrogens is 404 g/mol. The van der Waals surface area contributed by atoms with E-state index in [2.05, 4.69) is 16.0 Å². The van der Waals surface area contributed by atoms with E-state index in [-0.39, 0.29) is 17.7 Å². The largest absolute Gasteiger partial charge is 0.346 e. The molecule has 4 heterocycles. The number of piperidine rings is 1. The lowest BCUT2D eigenvalue weighted by Crippen LogP contribution is -2.38. The minimum absolute atomic E-state index is 0.0842. The predicted octanol–water partition coefficient (Wildman–Crippen LogP) is 3.98. The Balaban J connectivity index is 1.29. The second-order valence-corrected chi connectivity index (χ2v) is 8.59. The number of unbranched alkanes of at least 4 members (excludes halogenated alkanes) is 1. The summed E-state index contributed by atoms with van der Waals surface area (Å²) in [5.74, 6) is -0.256. The Morgan fingerprint density at radius 1 is 1.12 bits per heavy atom. The smallest absolute Gasteiger partial charge is 0.261 e. The van der Waals surface area contributed by atoms with Crippen molar-refractivity contribution in [2.24, 2.45) is 0 Å². The van der Waals surface area contributed by atoms with E-state index in [9.17, 15) is 14.4 Å². The van der Waals surface area contributed by atoms with Gasteiger partial charge in [-0.1, -0.05) is 13.3 Å². The van der Waals surface area contributed by atoms with E-state index < -0.39 is 0 Å². The normalized spacial score (nSPS) is 16.8. The number of likely N-dealkylation sites (tertiary alicyclic amines) is 1. The number of carbonyl (C=O) groups excluding carboxylic acids is 3. The summed E-state index contributed by atoms with van der Waals surface area (Å²) in [6.07, 6.45) is 7.25. The third-order valence-electron chi connectivity index (χ3n) is 6.66. The number of hydrogen-bond donors (Lipinski definition) is 1. The molecule has 32 heavy (non-hydrogen) atoms. The van der Waals surface area contributed by atoms with Crippen LogP contribution in [-0.2, 0) is 0 Å². The third kappa shape index (κ3) is 3.38. The summed E-state index contributed by atoms with van der Waals surface area (Å²) in [6.45, 7) is 3.75. The van der Waals surface area contributed by atoms with Gasteiger partial charge < -0.3 is 9.88 Å². The molecule has 5 rings (SSSR count). The number of benzene rings is 1.